The predicted octanol–water partition coefficient (Wildman–Crippen LogP) is 3.62. The second-order valence-electron chi connectivity index (χ2n) is 6.04. The van der Waals surface area contributed by atoms with Gasteiger partial charge in [0, 0.05) is 24.5 Å². The van der Waals surface area contributed by atoms with Crippen molar-refractivity contribution in [3.8, 4) is 0 Å². The van der Waals surface area contributed by atoms with Crippen molar-refractivity contribution >= 4 is 17.2 Å². The summed E-state index contributed by atoms with van der Waals surface area (Å²) in [5.41, 5.74) is 3.53. The fourth-order valence-corrected chi connectivity index (χ4v) is 3.90. The summed E-state index contributed by atoms with van der Waals surface area (Å²) in [5.74, 6) is 0.284. The van der Waals surface area contributed by atoms with Crippen LogP contribution in [0.1, 0.15) is 36.1 Å². The van der Waals surface area contributed by atoms with Gasteiger partial charge < -0.3 is 4.90 Å². The normalized spacial score (nSPS) is 17.9. The van der Waals surface area contributed by atoms with Crippen LogP contribution in [0.4, 0.5) is 0 Å². The summed E-state index contributed by atoms with van der Waals surface area (Å²) in [5, 5.41) is 4.11. The Balaban J connectivity index is 1.57. The number of rotatable bonds is 5. The molecule has 22 heavy (non-hydrogen) atoms. The lowest BCUT2D eigenvalue weighted by Gasteiger charge is -2.25. The maximum Gasteiger partial charge on any atom is 0.227 e. The van der Waals surface area contributed by atoms with Crippen molar-refractivity contribution in [2.75, 3.05) is 6.54 Å². The monoisotopic (exact) mass is 314 g/mol. The minimum atomic E-state index is 0.284. The molecule has 0 aliphatic carbocycles. The number of amides is 1. The standard InChI is InChI=1S/C18H22N2OS/c1-14-11-15(6-8-19-14)4-5-17-3-2-9-20(17)18(21)12-16-7-10-22-13-16/h6-8,10-11,13,17H,2-5,9,12H2,1H3/t17-/m1/s1. The minimum Gasteiger partial charge on any atom is -0.339 e. The summed E-state index contributed by atoms with van der Waals surface area (Å²) >= 11 is 1.66. The molecule has 1 atom stereocenters. The molecule has 1 aliphatic heterocycles. The predicted molar refractivity (Wildman–Crippen MR) is 90.1 cm³/mol. The van der Waals surface area contributed by atoms with Crippen molar-refractivity contribution in [3.05, 3.63) is 52.0 Å². The van der Waals surface area contributed by atoms with E-state index in [0.717, 1.165) is 43.5 Å². The summed E-state index contributed by atoms with van der Waals surface area (Å²) in [6, 6.07) is 6.68. The van der Waals surface area contributed by atoms with Crippen LogP contribution in [0.15, 0.2) is 35.2 Å². The molecule has 3 rings (SSSR count). The van der Waals surface area contributed by atoms with Crippen molar-refractivity contribution in [3.63, 3.8) is 0 Å². The highest BCUT2D eigenvalue weighted by Gasteiger charge is 2.28. The number of hydrogen-bond acceptors (Lipinski definition) is 3. The molecule has 2 aromatic rings. The highest BCUT2D eigenvalue weighted by molar-refractivity contribution is 7.07. The molecule has 4 heteroatoms. The average Bonchev–Trinajstić information content (AvgIpc) is 3.16. The number of carbonyl (C=O) groups excluding carboxylic acids is 1. The van der Waals surface area contributed by atoms with Crippen molar-refractivity contribution in [1.29, 1.82) is 0 Å². The number of pyridine rings is 1. The Kier molecular flexibility index (Phi) is 4.88. The Labute approximate surface area is 136 Å². The van der Waals surface area contributed by atoms with Gasteiger partial charge in [0.15, 0.2) is 0 Å². The van der Waals surface area contributed by atoms with E-state index in [1.54, 1.807) is 11.3 Å². The van der Waals surface area contributed by atoms with E-state index >= 15 is 0 Å². The fourth-order valence-electron chi connectivity index (χ4n) is 3.23. The molecule has 0 bridgehead atoms. The van der Waals surface area contributed by atoms with Crippen LogP contribution in [0.2, 0.25) is 0 Å². The van der Waals surface area contributed by atoms with Crippen molar-refractivity contribution in [2.45, 2.75) is 45.1 Å². The lowest BCUT2D eigenvalue weighted by atomic mass is 10.0. The molecule has 3 nitrogen and oxygen atoms in total. The van der Waals surface area contributed by atoms with Gasteiger partial charge in [0.1, 0.15) is 0 Å². The number of thiophene rings is 1. The van der Waals surface area contributed by atoms with E-state index in [2.05, 4.69) is 27.4 Å². The van der Waals surface area contributed by atoms with E-state index < -0.39 is 0 Å². The Morgan fingerprint density at radius 2 is 2.32 bits per heavy atom. The van der Waals surface area contributed by atoms with Crippen LogP contribution in [0, 0.1) is 6.92 Å². The third-order valence-electron chi connectivity index (χ3n) is 4.36. The maximum atomic E-state index is 12.5. The van der Waals surface area contributed by atoms with E-state index in [0.29, 0.717) is 12.5 Å². The fraction of sp³-hybridized carbons (Fsp3) is 0.444. The lowest BCUT2D eigenvalue weighted by Crippen LogP contribution is -2.36. The van der Waals surface area contributed by atoms with Gasteiger partial charge in [-0.2, -0.15) is 11.3 Å². The van der Waals surface area contributed by atoms with Gasteiger partial charge in [-0.15, -0.1) is 0 Å². The Hall–Kier alpha value is -1.68. The van der Waals surface area contributed by atoms with Crippen LogP contribution >= 0.6 is 11.3 Å². The van der Waals surface area contributed by atoms with E-state index in [4.69, 9.17) is 0 Å². The van der Waals surface area contributed by atoms with Gasteiger partial charge >= 0.3 is 0 Å². The molecule has 0 spiro atoms. The number of hydrogen-bond donors (Lipinski definition) is 0. The molecule has 1 amide bonds. The third kappa shape index (κ3) is 3.74. The van der Waals surface area contributed by atoms with Crippen LogP contribution in [-0.2, 0) is 17.6 Å². The largest absolute Gasteiger partial charge is 0.339 e. The summed E-state index contributed by atoms with van der Waals surface area (Å²) in [4.78, 5) is 18.9. The van der Waals surface area contributed by atoms with Gasteiger partial charge in [-0.3, -0.25) is 9.78 Å². The topological polar surface area (TPSA) is 33.2 Å². The van der Waals surface area contributed by atoms with Crippen LogP contribution in [0.5, 0.6) is 0 Å². The van der Waals surface area contributed by atoms with Crippen LogP contribution in [-0.4, -0.2) is 28.4 Å². The minimum absolute atomic E-state index is 0.284. The van der Waals surface area contributed by atoms with E-state index in [-0.39, 0.29) is 5.91 Å². The quantitative estimate of drug-likeness (QED) is 0.844. The Bertz CT molecular complexity index is 624. The molecule has 1 saturated heterocycles. The summed E-state index contributed by atoms with van der Waals surface area (Å²) in [6.07, 6.45) is 6.77. The third-order valence-corrected chi connectivity index (χ3v) is 5.09. The molecule has 0 aromatic carbocycles. The van der Waals surface area contributed by atoms with Gasteiger partial charge in [0.05, 0.1) is 6.42 Å². The van der Waals surface area contributed by atoms with Gasteiger partial charge in [0.25, 0.3) is 0 Å². The SMILES string of the molecule is Cc1cc(CC[C@H]2CCCN2C(=O)Cc2ccsc2)ccn1. The molecule has 116 valence electrons. The van der Waals surface area contributed by atoms with E-state index in [1.807, 2.05) is 24.6 Å². The summed E-state index contributed by atoms with van der Waals surface area (Å²) in [7, 11) is 0. The van der Waals surface area contributed by atoms with Gasteiger partial charge in [-0.1, -0.05) is 0 Å². The maximum absolute atomic E-state index is 12.5. The highest BCUT2D eigenvalue weighted by atomic mass is 32.1. The molecule has 0 radical (unpaired) electrons. The molecule has 1 fully saturated rings. The van der Waals surface area contributed by atoms with Crippen LogP contribution < -0.4 is 0 Å². The van der Waals surface area contributed by atoms with Crippen LogP contribution in [0.3, 0.4) is 0 Å². The highest BCUT2D eigenvalue weighted by Crippen LogP contribution is 2.23. The second kappa shape index (κ2) is 7.05. The zero-order valence-corrected chi connectivity index (χ0v) is 13.8. The van der Waals surface area contributed by atoms with E-state index in [9.17, 15) is 4.79 Å². The smallest absolute Gasteiger partial charge is 0.227 e. The summed E-state index contributed by atoms with van der Waals surface area (Å²) < 4.78 is 0. The first-order valence-corrected chi connectivity index (χ1v) is 8.89. The first kappa shape index (κ1) is 15.2. The molecule has 3 heterocycles. The van der Waals surface area contributed by atoms with Crippen LogP contribution in [0.25, 0.3) is 0 Å². The molecule has 0 N–H and O–H groups in total. The first-order valence-electron chi connectivity index (χ1n) is 7.94. The zero-order valence-electron chi connectivity index (χ0n) is 13.0. The lowest BCUT2D eigenvalue weighted by molar-refractivity contribution is -0.131. The van der Waals surface area contributed by atoms with Crippen molar-refractivity contribution in [2.24, 2.45) is 0 Å². The number of aryl methyl sites for hydroxylation is 2. The summed E-state index contributed by atoms with van der Waals surface area (Å²) in [6.45, 7) is 2.94. The average molecular weight is 314 g/mol. The Morgan fingerprint density at radius 3 is 3.09 bits per heavy atom. The molecule has 1 aliphatic rings. The van der Waals surface area contributed by atoms with Gasteiger partial charge in [-0.05, 0) is 72.7 Å². The second-order valence-corrected chi connectivity index (χ2v) is 6.82. The molecular formula is C18H22N2OS. The van der Waals surface area contributed by atoms with E-state index in [1.165, 1.54) is 5.56 Å². The van der Waals surface area contributed by atoms with Gasteiger partial charge in [-0.25, -0.2) is 0 Å². The number of nitrogens with zero attached hydrogens (tertiary/aromatic N) is 2. The number of carbonyl (C=O) groups is 1. The molecule has 2 aromatic heterocycles. The zero-order chi connectivity index (χ0) is 15.4. The molecule has 0 saturated carbocycles. The van der Waals surface area contributed by atoms with Crippen molar-refractivity contribution in [1.82, 2.24) is 9.88 Å². The number of likely N-dealkylation sites (tertiary alicyclic amines) is 1. The Morgan fingerprint density at radius 1 is 1.41 bits per heavy atom. The van der Waals surface area contributed by atoms with Crippen molar-refractivity contribution < 1.29 is 4.79 Å². The number of aromatic nitrogens is 1. The first-order chi connectivity index (χ1) is 10.7. The van der Waals surface area contributed by atoms with Gasteiger partial charge in [0.2, 0.25) is 5.91 Å². The molecular weight excluding hydrogens is 292 g/mol. The molecule has 0 unspecified atom stereocenters.